The van der Waals surface area contributed by atoms with E-state index >= 15 is 0 Å². The summed E-state index contributed by atoms with van der Waals surface area (Å²) in [4.78, 5) is 0. The Balaban J connectivity index is 0.000000218. The Kier molecular flexibility index (Phi) is 22.2. The lowest BCUT2D eigenvalue weighted by Gasteiger charge is -2.10. The third-order valence-corrected chi connectivity index (χ3v) is 10.3. The lowest BCUT2D eigenvalue weighted by Crippen LogP contribution is -2.27. The second-order valence-corrected chi connectivity index (χ2v) is 14.7. The summed E-state index contributed by atoms with van der Waals surface area (Å²) in [6.07, 6.45) is 3.08. The van der Waals surface area contributed by atoms with Crippen LogP contribution in [-0.4, -0.2) is 79.3 Å². The molecule has 1 aliphatic rings. The van der Waals surface area contributed by atoms with Crippen LogP contribution in [0.3, 0.4) is 0 Å². The van der Waals surface area contributed by atoms with Crippen molar-refractivity contribution in [3.05, 3.63) is 128 Å². The van der Waals surface area contributed by atoms with E-state index in [1.165, 1.54) is 56.9 Å². The SMILES string of the molecule is C1COCCOCCOCCOCCOCCO1.Cc1cc(C)c(CSc2cccc[n+]2[O-])c(C)c1.Cc1cc(C)c(CSc2cccc[n+]2[O-])c(C)c1. The van der Waals surface area contributed by atoms with Crippen LogP contribution in [0.1, 0.15) is 44.5 Å². The van der Waals surface area contributed by atoms with Crippen LogP contribution < -0.4 is 9.46 Å². The first-order valence-corrected chi connectivity index (χ1v) is 20.3. The maximum absolute atomic E-state index is 11.6. The Morgan fingerprint density at radius 2 is 0.704 bits per heavy atom. The number of hydrogen-bond acceptors (Lipinski definition) is 10. The highest BCUT2D eigenvalue weighted by Gasteiger charge is 2.10. The molecule has 1 saturated heterocycles. The topological polar surface area (TPSA) is 109 Å². The van der Waals surface area contributed by atoms with Crippen molar-refractivity contribution in [2.75, 3.05) is 79.3 Å². The fraction of sp³-hybridized carbons (Fsp3) is 0.476. The molecule has 0 amide bonds. The van der Waals surface area contributed by atoms with Gasteiger partial charge in [-0.15, -0.1) is 0 Å². The molecular weight excluding hydrogens is 725 g/mol. The van der Waals surface area contributed by atoms with E-state index < -0.39 is 0 Å². The first-order chi connectivity index (χ1) is 26.2. The number of rotatable bonds is 6. The van der Waals surface area contributed by atoms with Gasteiger partial charge in [-0.1, -0.05) is 58.9 Å². The van der Waals surface area contributed by atoms with Gasteiger partial charge < -0.3 is 38.8 Å². The van der Waals surface area contributed by atoms with Crippen LogP contribution in [-0.2, 0) is 39.9 Å². The molecular formula is C42H58N2O8S2. The Labute approximate surface area is 330 Å². The maximum Gasteiger partial charge on any atom is 0.251 e. The van der Waals surface area contributed by atoms with Crippen molar-refractivity contribution >= 4 is 23.5 Å². The van der Waals surface area contributed by atoms with Crippen molar-refractivity contribution in [3.8, 4) is 0 Å². The van der Waals surface area contributed by atoms with E-state index in [0.717, 1.165) is 31.0 Å². The first-order valence-electron chi connectivity index (χ1n) is 18.4. The number of aromatic nitrogens is 2. The lowest BCUT2D eigenvalue weighted by atomic mass is 10.0. The third-order valence-electron chi connectivity index (χ3n) is 8.22. The van der Waals surface area contributed by atoms with E-state index in [9.17, 15) is 10.4 Å². The molecule has 3 heterocycles. The first kappa shape index (κ1) is 45.2. The van der Waals surface area contributed by atoms with Gasteiger partial charge in [0.05, 0.1) is 79.3 Å². The van der Waals surface area contributed by atoms with Crippen molar-refractivity contribution in [2.24, 2.45) is 0 Å². The van der Waals surface area contributed by atoms with Crippen LogP contribution in [0.15, 0.2) is 83.1 Å². The van der Waals surface area contributed by atoms with Crippen molar-refractivity contribution in [1.29, 1.82) is 0 Å². The molecule has 1 fully saturated rings. The summed E-state index contributed by atoms with van der Waals surface area (Å²) in [7, 11) is 0. The predicted octanol–water partition coefficient (Wildman–Crippen LogP) is 7.17. The van der Waals surface area contributed by atoms with E-state index in [0.29, 0.717) is 79.3 Å². The van der Waals surface area contributed by atoms with Crippen LogP contribution in [0.4, 0.5) is 0 Å². The molecule has 12 heteroatoms. The predicted molar refractivity (Wildman–Crippen MR) is 216 cm³/mol. The number of benzene rings is 2. The van der Waals surface area contributed by atoms with Crippen molar-refractivity contribution < 1.29 is 37.9 Å². The van der Waals surface area contributed by atoms with Crippen LogP contribution in [0.25, 0.3) is 0 Å². The Hall–Kier alpha value is -3.20. The van der Waals surface area contributed by atoms with Gasteiger partial charge in [0, 0.05) is 35.8 Å². The highest BCUT2D eigenvalue weighted by atomic mass is 32.2. The molecule has 10 nitrogen and oxygen atoms in total. The molecule has 0 N–H and O–H groups in total. The molecule has 0 spiro atoms. The molecule has 0 aliphatic carbocycles. The second kappa shape index (κ2) is 26.6. The minimum atomic E-state index is 0.586. The van der Waals surface area contributed by atoms with E-state index in [1.54, 1.807) is 35.7 Å². The molecule has 0 atom stereocenters. The van der Waals surface area contributed by atoms with E-state index in [4.69, 9.17) is 28.4 Å². The summed E-state index contributed by atoms with van der Waals surface area (Å²) in [5, 5.41) is 24.6. The van der Waals surface area contributed by atoms with Crippen molar-refractivity contribution in [3.63, 3.8) is 0 Å². The zero-order valence-electron chi connectivity index (χ0n) is 32.8. The summed E-state index contributed by atoms with van der Waals surface area (Å²) >= 11 is 3.17. The van der Waals surface area contributed by atoms with E-state index in [1.807, 2.05) is 24.3 Å². The fourth-order valence-electron chi connectivity index (χ4n) is 5.54. The number of nitrogens with zero attached hydrogens (tertiary/aromatic N) is 2. The van der Waals surface area contributed by atoms with Gasteiger partial charge in [0.15, 0.2) is 12.4 Å². The maximum atomic E-state index is 11.6. The monoisotopic (exact) mass is 782 g/mol. The summed E-state index contributed by atoms with van der Waals surface area (Å²) in [6, 6.07) is 19.8. The second-order valence-electron chi connectivity index (χ2n) is 12.7. The number of aryl methyl sites for hydroxylation is 6. The molecule has 1 aliphatic heterocycles. The van der Waals surface area contributed by atoms with Gasteiger partial charge in [-0.2, -0.15) is 9.46 Å². The summed E-state index contributed by atoms with van der Waals surface area (Å²) < 4.78 is 33.8. The van der Waals surface area contributed by atoms with Gasteiger partial charge in [-0.25, -0.2) is 0 Å². The van der Waals surface area contributed by atoms with Crippen LogP contribution in [0, 0.1) is 52.0 Å². The molecule has 4 aromatic rings. The number of ether oxygens (including phenoxy) is 6. The molecule has 5 rings (SSSR count). The van der Waals surface area contributed by atoms with E-state index in [-0.39, 0.29) is 0 Å². The highest BCUT2D eigenvalue weighted by molar-refractivity contribution is 7.98. The molecule has 296 valence electrons. The van der Waals surface area contributed by atoms with Gasteiger partial charge in [0.25, 0.3) is 10.1 Å². The quantitative estimate of drug-likeness (QED) is 0.113. The molecule has 2 aromatic heterocycles. The summed E-state index contributed by atoms with van der Waals surface area (Å²) in [5.41, 5.74) is 10.4. The van der Waals surface area contributed by atoms with Crippen LogP contribution >= 0.6 is 23.5 Å². The number of hydrogen-bond donors (Lipinski definition) is 0. The normalized spacial score (nSPS) is 15.1. The smallest absolute Gasteiger partial charge is 0.251 e. The zero-order valence-corrected chi connectivity index (χ0v) is 34.4. The minimum absolute atomic E-state index is 0.586. The van der Waals surface area contributed by atoms with Crippen molar-refractivity contribution in [1.82, 2.24) is 0 Å². The molecule has 54 heavy (non-hydrogen) atoms. The Morgan fingerprint density at radius 3 is 0.944 bits per heavy atom. The van der Waals surface area contributed by atoms with Gasteiger partial charge in [-0.05, 0) is 87.1 Å². The average molecular weight is 783 g/mol. The molecule has 0 radical (unpaired) electrons. The van der Waals surface area contributed by atoms with E-state index in [2.05, 4.69) is 65.8 Å². The molecule has 0 saturated carbocycles. The number of thioether (sulfide) groups is 2. The molecule has 2 aromatic carbocycles. The summed E-state index contributed by atoms with van der Waals surface area (Å²) in [6.45, 7) is 19.8. The average Bonchev–Trinajstić information content (AvgIpc) is 3.13. The number of pyridine rings is 2. The molecule has 0 unspecified atom stereocenters. The third kappa shape index (κ3) is 18.0. The Bertz CT molecular complexity index is 1430. The lowest BCUT2D eigenvalue weighted by molar-refractivity contribution is -0.645. The standard InChI is InChI=1S/2C15H17NOS.C12H24O6/c2*1-11-8-12(2)14(13(3)9-11)10-18-15-6-4-5-7-16(15)17;1-2-14-5-6-16-9-10-18-12-11-17-8-7-15-4-3-13-1/h2*4-9H,10H2,1-3H3;1-12H2. The fourth-order valence-corrected chi connectivity index (χ4v) is 7.76. The van der Waals surface area contributed by atoms with Gasteiger partial charge in [-0.3, -0.25) is 0 Å². The molecule has 0 bridgehead atoms. The van der Waals surface area contributed by atoms with Crippen molar-refractivity contribution in [2.45, 2.75) is 63.1 Å². The van der Waals surface area contributed by atoms with Gasteiger partial charge >= 0.3 is 0 Å². The van der Waals surface area contributed by atoms with Gasteiger partial charge in [0.2, 0.25) is 0 Å². The van der Waals surface area contributed by atoms with Crippen LogP contribution in [0.2, 0.25) is 0 Å². The Morgan fingerprint density at radius 1 is 0.444 bits per heavy atom. The summed E-state index contributed by atoms with van der Waals surface area (Å²) in [5.74, 6) is 1.67. The highest BCUT2D eigenvalue weighted by Crippen LogP contribution is 2.26. The van der Waals surface area contributed by atoms with Gasteiger partial charge in [0.1, 0.15) is 0 Å². The van der Waals surface area contributed by atoms with Crippen LogP contribution in [0.5, 0.6) is 0 Å². The largest absolute Gasteiger partial charge is 0.618 e. The minimum Gasteiger partial charge on any atom is -0.618 e. The zero-order chi connectivity index (χ0) is 39.0.